The van der Waals surface area contributed by atoms with E-state index in [1.165, 1.54) is 5.56 Å². The van der Waals surface area contributed by atoms with Crippen molar-refractivity contribution in [2.45, 2.75) is 26.4 Å². The molecule has 0 bridgehead atoms. The lowest BCUT2D eigenvalue weighted by Gasteiger charge is -2.39. The largest absolute Gasteiger partial charge is 0.491 e. The number of benzene rings is 2. The molecule has 0 aromatic heterocycles. The van der Waals surface area contributed by atoms with Crippen molar-refractivity contribution in [1.82, 2.24) is 4.90 Å². The predicted molar refractivity (Wildman–Crippen MR) is 102 cm³/mol. The monoisotopic (exact) mass is 354 g/mol. The van der Waals surface area contributed by atoms with Crippen LogP contribution in [0.2, 0.25) is 0 Å². The Morgan fingerprint density at radius 1 is 1.15 bits per heavy atom. The number of piperazine rings is 1. The molecule has 0 radical (unpaired) electrons. The Bertz CT molecular complexity index is 745. The van der Waals surface area contributed by atoms with Gasteiger partial charge in [-0.3, -0.25) is 9.69 Å². The molecule has 1 fully saturated rings. The molecule has 2 aromatic rings. The number of amides is 1. The van der Waals surface area contributed by atoms with Crippen molar-refractivity contribution in [3.8, 4) is 5.75 Å². The maximum atomic E-state index is 12.7. The van der Waals surface area contributed by atoms with Crippen LogP contribution in [0.1, 0.15) is 18.1 Å². The van der Waals surface area contributed by atoms with E-state index in [1.54, 1.807) is 0 Å². The second kappa shape index (κ2) is 8.34. The standard InChI is InChI=1S/C21H26N2O3/c1-16-7-9-19(10-8-16)23-13-17(2)22(15-21(23)25)14-18-5-3-4-6-20(18)26-12-11-24/h3-10,17,24H,11-15H2,1-2H3/t17-/m1/s1. The van der Waals surface area contributed by atoms with Gasteiger partial charge in [-0.15, -0.1) is 0 Å². The summed E-state index contributed by atoms with van der Waals surface area (Å²) in [6.45, 7) is 6.14. The Balaban J connectivity index is 1.70. The summed E-state index contributed by atoms with van der Waals surface area (Å²) < 4.78 is 5.62. The lowest BCUT2D eigenvalue weighted by atomic mass is 10.1. The first-order valence-corrected chi connectivity index (χ1v) is 9.01. The molecule has 0 saturated carbocycles. The van der Waals surface area contributed by atoms with E-state index in [9.17, 15) is 4.79 Å². The second-order valence-corrected chi connectivity index (χ2v) is 6.77. The number of aryl methyl sites for hydroxylation is 1. The van der Waals surface area contributed by atoms with Gasteiger partial charge in [0.1, 0.15) is 12.4 Å². The molecule has 26 heavy (non-hydrogen) atoms. The molecule has 1 atom stereocenters. The number of ether oxygens (including phenoxy) is 1. The first kappa shape index (κ1) is 18.4. The zero-order valence-corrected chi connectivity index (χ0v) is 15.4. The highest BCUT2D eigenvalue weighted by molar-refractivity contribution is 5.95. The summed E-state index contributed by atoms with van der Waals surface area (Å²) in [7, 11) is 0. The quantitative estimate of drug-likeness (QED) is 0.866. The Labute approximate surface area is 154 Å². The van der Waals surface area contributed by atoms with Gasteiger partial charge in [0.05, 0.1) is 13.2 Å². The molecule has 0 spiro atoms. The van der Waals surface area contributed by atoms with Crippen molar-refractivity contribution in [2.24, 2.45) is 0 Å². The SMILES string of the molecule is Cc1ccc(N2C[C@@H](C)N(Cc3ccccc3OCCO)CC2=O)cc1. The van der Waals surface area contributed by atoms with Crippen LogP contribution >= 0.6 is 0 Å². The molecule has 1 N–H and O–H groups in total. The molecule has 0 unspecified atom stereocenters. The van der Waals surface area contributed by atoms with E-state index >= 15 is 0 Å². The van der Waals surface area contributed by atoms with Crippen molar-refractivity contribution < 1.29 is 14.6 Å². The number of carbonyl (C=O) groups is 1. The van der Waals surface area contributed by atoms with Crippen LogP contribution in [-0.2, 0) is 11.3 Å². The van der Waals surface area contributed by atoms with Crippen LogP contribution in [-0.4, -0.2) is 48.3 Å². The molecule has 1 amide bonds. The lowest BCUT2D eigenvalue weighted by molar-refractivity contribution is -0.122. The van der Waals surface area contributed by atoms with E-state index in [4.69, 9.17) is 9.84 Å². The van der Waals surface area contributed by atoms with E-state index in [0.29, 0.717) is 19.6 Å². The molecule has 5 heteroatoms. The minimum atomic E-state index is -0.0154. The molecule has 1 aliphatic rings. The van der Waals surface area contributed by atoms with Crippen LogP contribution in [0.25, 0.3) is 0 Å². The van der Waals surface area contributed by atoms with Gasteiger partial charge in [0.25, 0.3) is 0 Å². The first-order chi connectivity index (χ1) is 12.6. The number of nitrogens with zero attached hydrogens (tertiary/aromatic N) is 2. The summed E-state index contributed by atoms with van der Waals surface area (Å²) in [5.74, 6) is 0.878. The van der Waals surface area contributed by atoms with Gasteiger partial charge >= 0.3 is 0 Å². The minimum Gasteiger partial charge on any atom is -0.491 e. The molecule has 5 nitrogen and oxygen atoms in total. The van der Waals surface area contributed by atoms with Crippen LogP contribution in [0.5, 0.6) is 5.75 Å². The number of aliphatic hydroxyl groups is 1. The number of hydrogen-bond acceptors (Lipinski definition) is 4. The van der Waals surface area contributed by atoms with Gasteiger partial charge < -0.3 is 14.7 Å². The predicted octanol–water partition coefficient (Wildman–Crippen LogP) is 2.60. The van der Waals surface area contributed by atoms with Gasteiger partial charge in [-0.05, 0) is 32.0 Å². The van der Waals surface area contributed by atoms with Gasteiger partial charge in [0.15, 0.2) is 0 Å². The summed E-state index contributed by atoms with van der Waals surface area (Å²) in [4.78, 5) is 16.7. The van der Waals surface area contributed by atoms with E-state index in [1.807, 2.05) is 60.4 Å². The van der Waals surface area contributed by atoms with Gasteiger partial charge in [-0.1, -0.05) is 35.9 Å². The number of carbonyl (C=O) groups excluding carboxylic acids is 1. The van der Waals surface area contributed by atoms with Crippen LogP contribution in [0.3, 0.4) is 0 Å². The van der Waals surface area contributed by atoms with Gasteiger partial charge in [-0.2, -0.15) is 0 Å². The van der Waals surface area contributed by atoms with Crippen molar-refractivity contribution in [1.29, 1.82) is 0 Å². The zero-order chi connectivity index (χ0) is 18.5. The average molecular weight is 354 g/mol. The van der Waals surface area contributed by atoms with E-state index in [2.05, 4.69) is 11.8 Å². The highest BCUT2D eigenvalue weighted by Crippen LogP contribution is 2.25. The fourth-order valence-electron chi connectivity index (χ4n) is 3.23. The lowest BCUT2D eigenvalue weighted by Crippen LogP contribution is -2.54. The summed E-state index contributed by atoms with van der Waals surface area (Å²) in [5, 5.41) is 8.99. The molecular formula is C21H26N2O3. The minimum absolute atomic E-state index is 0.0154. The molecule has 1 saturated heterocycles. The maximum Gasteiger partial charge on any atom is 0.241 e. The Morgan fingerprint density at radius 3 is 2.62 bits per heavy atom. The Kier molecular flexibility index (Phi) is 5.91. The fourth-order valence-corrected chi connectivity index (χ4v) is 3.23. The van der Waals surface area contributed by atoms with Crippen molar-refractivity contribution in [3.63, 3.8) is 0 Å². The zero-order valence-electron chi connectivity index (χ0n) is 15.4. The number of aliphatic hydroxyl groups excluding tert-OH is 1. The fraction of sp³-hybridized carbons (Fsp3) is 0.381. The molecule has 1 heterocycles. The molecular weight excluding hydrogens is 328 g/mol. The van der Waals surface area contributed by atoms with E-state index in [-0.39, 0.29) is 25.2 Å². The summed E-state index contributed by atoms with van der Waals surface area (Å²) in [5.41, 5.74) is 3.18. The van der Waals surface area contributed by atoms with Gasteiger partial charge in [0.2, 0.25) is 5.91 Å². The van der Waals surface area contributed by atoms with Crippen LogP contribution < -0.4 is 9.64 Å². The maximum absolute atomic E-state index is 12.7. The third kappa shape index (κ3) is 4.23. The molecule has 0 aliphatic carbocycles. The van der Waals surface area contributed by atoms with Gasteiger partial charge in [-0.25, -0.2) is 0 Å². The first-order valence-electron chi connectivity index (χ1n) is 9.01. The van der Waals surface area contributed by atoms with Crippen molar-refractivity contribution in [3.05, 3.63) is 59.7 Å². The topological polar surface area (TPSA) is 53.0 Å². The van der Waals surface area contributed by atoms with Crippen molar-refractivity contribution >= 4 is 11.6 Å². The molecule has 2 aromatic carbocycles. The summed E-state index contributed by atoms with van der Waals surface area (Å²) in [6, 6.07) is 16.1. The molecule has 1 aliphatic heterocycles. The normalized spacial score (nSPS) is 18.2. The van der Waals surface area contributed by atoms with Crippen LogP contribution in [0.15, 0.2) is 48.5 Å². The Morgan fingerprint density at radius 2 is 1.88 bits per heavy atom. The second-order valence-electron chi connectivity index (χ2n) is 6.77. The highest BCUT2D eigenvalue weighted by Gasteiger charge is 2.30. The van der Waals surface area contributed by atoms with E-state index < -0.39 is 0 Å². The summed E-state index contributed by atoms with van der Waals surface area (Å²) >= 11 is 0. The van der Waals surface area contributed by atoms with Crippen LogP contribution in [0.4, 0.5) is 5.69 Å². The smallest absolute Gasteiger partial charge is 0.241 e. The number of rotatable bonds is 6. The highest BCUT2D eigenvalue weighted by atomic mass is 16.5. The number of anilines is 1. The number of para-hydroxylation sites is 1. The third-order valence-electron chi connectivity index (χ3n) is 4.75. The number of hydrogen-bond donors (Lipinski definition) is 1. The Hall–Kier alpha value is -2.37. The van der Waals surface area contributed by atoms with E-state index in [0.717, 1.165) is 17.0 Å². The molecule has 3 rings (SSSR count). The third-order valence-corrected chi connectivity index (χ3v) is 4.75. The van der Waals surface area contributed by atoms with Gasteiger partial charge in [0, 0.05) is 30.4 Å². The van der Waals surface area contributed by atoms with Crippen LogP contribution in [0, 0.1) is 6.92 Å². The van der Waals surface area contributed by atoms with Crippen molar-refractivity contribution in [2.75, 3.05) is 31.2 Å². The molecule has 138 valence electrons. The average Bonchev–Trinajstić information content (AvgIpc) is 2.64. The summed E-state index contributed by atoms with van der Waals surface area (Å²) in [6.07, 6.45) is 0.